The Bertz CT molecular complexity index is 429. The van der Waals surface area contributed by atoms with Gasteiger partial charge in [-0.15, -0.1) is 0 Å². The fraction of sp³-hybridized carbons (Fsp3) is 0.562. The van der Waals surface area contributed by atoms with Crippen molar-refractivity contribution in [3.63, 3.8) is 0 Å². The van der Waals surface area contributed by atoms with Crippen molar-refractivity contribution in [2.45, 2.75) is 45.6 Å². The highest BCUT2D eigenvalue weighted by atomic mass is 16.5. The Balaban J connectivity index is 1.92. The number of benzene rings is 1. The van der Waals surface area contributed by atoms with Crippen LogP contribution >= 0.6 is 0 Å². The number of carbonyl (C=O) groups is 1. The Hall–Kier alpha value is -1.35. The third-order valence-electron chi connectivity index (χ3n) is 3.59. The Morgan fingerprint density at radius 2 is 2.21 bits per heavy atom. The molecule has 104 valence electrons. The van der Waals surface area contributed by atoms with Crippen LogP contribution in [0.5, 0.6) is 0 Å². The SMILES string of the molecule is CCCCCCOC(=O)c1cccc2c1CCNC2. The smallest absolute Gasteiger partial charge is 0.338 e. The maximum absolute atomic E-state index is 12.1. The Kier molecular flexibility index (Phi) is 5.40. The van der Waals surface area contributed by atoms with Crippen molar-refractivity contribution in [1.82, 2.24) is 5.32 Å². The standard InChI is InChI=1S/C16H23NO2/c1-2-3-4-5-11-19-16(18)15-8-6-7-13-12-17-10-9-14(13)15/h6-8,17H,2-5,9-12H2,1H3. The first-order valence-electron chi connectivity index (χ1n) is 7.31. The zero-order valence-corrected chi connectivity index (χ0v) is 11.7. The van der Waals surface area contributed by atoms with Crippen LogP contribution in [0.25, 0.3) is 0 Å². The third-order valence-corrected chi connectivity index (χ3v) is 3.59. The fourth-order valence-electron chi connectivity index (χ4n) is 2.49. The number of ether oxygens (including phenoxy) is 1. The van der Waals surface area contributed by atoms with E-state index >= 15 is 0 Å². The monoisotopic (exact) mass is 261 g/mol. The molecule has 0 unspecified atom stereocenters. The van der Waals surface area contributed by atoms with E-state index in [0.717, 1.165) is 37.9 Å². The van der Waals surface area contributed by atoms with Gasteiger partial charge in [0.25, 0.3) is 0 Å². The summed E-state index contributed by atoms with van der Waals surface area (Å²) in [5.74, 6) is -0.157. The average molecular weight is 261 g/mol. The number of rotatable bonds is 6. The summed E-state index contributed by atoms with van der Waals surface area (Å²) < 4.78 is 5.38. The molecule has 0 bridgehead atoms. The Labute approximate surface area is 115 Å². The van der Waals surface area contributed by atoms with Gasteiger partial charge in [0.1, 0.15) is 0 Å². The summed E-state index contributed by atoms with van der Waals surface area (Å²) in [5, 5.41) is 3.32. The van der Waals surface area contributed by atoms with Crippen molar-refractivity contribution in [2.24, 2.45) is 0 Å². The van der Waals surface area contributed by atoms with Crippen LogP contribution in [-0.4, -0.2) is 19.1 Å². The fourth-order valence-corrected chi connectivity index (χ4v) is 2.49. The van der Waals surface area contributed by atoms with Gasteiger partial charge in [-0.1, -0.05) is 38.3 Å². The van der Waals surface area contributed by atoms with Gasteiger partial charge in [0.15, 0.2) is 0 Å². The normalized spacial score (nSPS) is 13.9. The van der Waals surface area contributed by atoms with Crippen LogP contribution in [0.2, 0.25) is 0 Å². The minimum absolute atomic E-state index is 0.157. The molecule has 0 saturated heterocycles. The first kappa shape index (κ1) is 14.1. The quantitative estimate of drug-likeness (QED) is 0.632. The van der Waals surface area contributed by atoms with Gasteiger partial charge in [-0.2, -0.15) is 0 Å². The molecule has 1 aliphatic heterocycles. The van der Waals surface area contributed by atoms with E-state index in [-0.39, 0.29) is 5.97 Å². The molecule has 0 saturated carbocycles. The molecule has 3 nitrogen and oxygen atoms in total. The van der Waals surface area contributed by atoms with Crippen molar-refractivity contribution < 1.29 is 9.53 Å². The summed E-state index contributed by atoms with van der Waals surface area (Å²) in [6.07, 6.45) is 5.43. The van der Waals surface area contributed by atoms with Gasteiger partial charge in [0, 0.05) is 6.54 Å². The number of esters is 1. The molecular weight excluding hydrogens is 238 g/mol. The van der Waals surface area contributed by atoms with Gasteiger partial charge in [0.2, 0.25) is 0 Å². The van der Waals surface area contributed by atoms with Gasteiger partial charge in [0.05, 0.1) is 12.2 Å². The van der Waals surface area contributed by atoms with E-state index in [1.807, 2.05) is 12.1 Å². The number of hydrogen-bond donors (Lipinski definition) is 1. The number of nitrogens with one attached hydrogen (secondary N) is 1. The second kappa shape index (κ2) is 7.29. The molecular formula is C16H23NO2. The number of carbonyl (C=O) groups excluding carboxylic acids is 1. The minimum atomic E-state index is -0.157. The van der Waals surface area contributed by atoms with Crippen molar-refractivity contribution in [3.8, 4) is 0 Å². The van der Waals surface area contributed by atoms with Crippen LogP contribution in [0.15, 0.2) is 18.2 Å². The summed E-state index contributed by atoms with van der Waals surface area (Å²) >= 11 is 0. The van der Waals surface area contributed by atoms with E-state index in [9.17, 15) is 4.79 Å². The van der Waals surface area contributed by atoms with Crippen molar-refractivity contribution in [3.05, 3.63) is 34.9 Å². The molecule has 1 aromatic carbocycles. The molecule has 1 N–H and O–H groups in total. The van der Waals surface area contributed by atoms with Gasteiger partial charge >= 0.3 is 5.97 Å². The lowest BCUT2D eigenvalue weighted by molar-refractivity contribution is 0.0496. The molecule has 0 aliphatic carbocycles. The Morgan fingerprint density at radius 1 is 1.32 bits per heavy atom. The van der Waals surface area contributed by atoms with E-state index < -0.39 is 0 Å². The highest BCUT2D eigenvalue weighted by Crippen LogP contribution is 2.19. The third kappa shape index (κ3) is 3.80. The molecule has 0 atom stereocenters. The summed E-state index contributed by atoms with van der Waals surface area (Å²) in [4.78, 5) is 12.1. The molecule has 2 rings (SSSR count). The maximum Gasteiger partial charge on any atom is 0.338 e. The van der Waals surface area contributed by atoms with E-state index in [0.29, 0.717) is 6.61 Å². The second-order valence-corrected chi connectivity index (χ2v) is 5.07. The average Bonchev–Trinajstić information content (AvgIpc) is 2.46. The molecule has 0 fully saturated rings. The first-order valence-corrected chi connectivity index (χ1v) is 7.31. The molecule has 3 heteroatoms. The van der Waals surface area contributed by atoms with Crippen molar-refractivity contribution >= 4 is 5.97 Å². The summed E-state index contributed by atoms with van der Waals surface area (Å²) in [6, 6.07) is 5.91. The largest absolute Gasteiger partial charge is 0.462 e. The van der Waals surface area contributed by atoms with Crippen LogP contribution in [0.4, 0.5) is 0 Å². The van der Waals surface area contributed by atoms with E-state index in [1.54, 1.807) is 0 Å². The zero-order valence-electron chi connectivity index (χ0n) is 11.7. The van der Waals surface area contributed by atoms with Gasteiger partial charge in [-0.05, 0) is 36.6 Å². The highest BCUT2D eigenvalue weighted by molar-refractivity contribution is 5.91. The minimum Gasteiger partial charge on any atom is -0.462 e. The van der Waals surface area contributed by atoms with Crippen LogP contribution in [0.1, 0.15) is 54.1 Å². The zero-order chi connectivity index (χ0) is 13.5. The topological polar surface area (TPSA) is 38.3 Å². The predicted molar refractivity (Wildman–Crippen MR) is 76.3 cm³/mol. The van der Waals surface area contributed by atoms with Gasteiger partial charge in [-0.3, -0.25) is 0 Å². The maximum atomic E-state index is 12.1. The van der Waals surface area contributed by atoms with Crippen molar-refractivity contribution in [2.75, 3.05) is 13.2 Å². The van der Waals surface area contributed by atoms with Crippen LogP contribution in [0.3, 0.4) is 0 Å². The molecule has 19 heavy (non-hydrogen) atoms. The van der Waals surface area contributed by atoms with E-state index in [2.05, 4.69) is 18.3 Å². The number of unbranched alkanes of at least 4 members (excludes halogenated alkanes) is 3. The first-order chi connectivity index (χ1) is 9.33. The summed E-state index contributed by atoms with van der Waals surface area (Å²) in [7, 11) is 0. The lowest BCUT2D eigenvalue weighted by atomic mass is 9.95. The highest BCUT2D eigenvalue weighted by Gasteiger charge is 2.17. The molecule has 0 amide bonds. The van der Waals surface area contributed by atoms with Crippen molar-refractivity contribution in [1.29, 1.82) is 0 Å². The second-order valence-electron chi connectivity index (χ2n) is 5.07. The molecule has 0 spiro atoms. The molecule has 0 radical (unpaired) electrons. The van der Waals surface area contributed by atoms with Crippen LogP contribution in [0, 0.1) is 0 Å². The molecule has 1 heterocycles. The summed E-state index contributed by atoms with van der Waals surface area (Å²) in [5.41, 5.74) is 3.15. The van der Waals surface area contributed by atoms with Crippen LogP contribution in [-0.2, 0) is 17.7 Å². The van der Waals surface area contributed by atoms with Gasteiger partial charge in [-0.25, -0.2) is 4.79 Å². The van der Waals surface area contributed by atoms with E-state index in [1.165, 1.54) is 24.0 Å². The number of hydrogen-bond acceptors (Lipinski definition) is 3. The summed E-state index contributed by atoms with van der Waals surface area (Å²) in [6.45, 7) is 4.51. The van der Waals surface area contributed by atoms with E-state index in [4.69, 9.17) is 4.74 Å². The number of fused-ring (bicyclic) bond motifs is 1. The van der Waals surface area contributed by atoms with Crippen LogP contribution < -0.4 is 5.32 Å². The molecule has 1 aliphatic rings. The lowest BCUT2D eigenvalue weighted by Crippen LogP contribution is -2.25. The molecule has 0 aromatic heterocycles. The Morgan fingerprint density at radius 3 is 3.05 bits per heavy atom. The lowest BCUT2D eigenvalue weighted by Gasteiger charge is -2.19. The van der Waals surface area contributed by atoms with Gasteiger partial charge < -0.3 is 10.1 Å². The predicted octanol–water partition coefficient (Wildman–Crippen LogP) is 3.07. The molecule has 1 aromatic rings.